The number of methoxy groups -OCH3 is 1. The normalized spacial score (nSPS) is 9.92. The zero-order chi connectivity index (χ0) is 10.0. The Morgan fingerprint density at radius 3 is 2.38 bits per heavy atom. The Labute approximate surface area is 104 Å². The minimum Gasteiger partial charge on any atom is -0.497 e. The largest absolute Gasteiger partial charge is 0.497 e. The van der Waals surface area contributed by atoms with Gasteiger partial charge in [-0.15, -0.1) is 0 Å². The highest BCUT2D eigenvalue weighted by atomic mass is 127. The van der Waals surface area contributed by atoms with Crippen LogP contribution in [0.2, 0.25) is 0 Å². The summed E-state index contributed by atoms with van der Waals surface area (Å²) in [5.74, 6) is 0.506. The maximum atomic E-state index is 9.08. The van der Waals surface area contributed by atoms with Crippen LogP contribution in [0, 0.1) is 7.14 Å². The average Bonchev–Trinajstić information content (AvgIpc) is 2.01. The molecule has 6 heteroatoms. The second-order valence-electron chi connectivity index (χ2n) is 2.38. The summed E-state index contributed by atoms with van der Waals surface area (Å²) < 4.78 is 6.83. The molecule has 0 saturated heterocycles. The van der Waals surface area contributed by atoms with Crippen molar-refractivity contribution in [2.75, 3.05) is 7.11 Å². The predicted molar refractivity (Wildman–Crippen MR) is 68.3 cm³/mol. The molecule has 0 unspecified atom stereocenters. The van der Waals surface area contributed by atoms with Gasteiger partial charge in [0.1, 0.15) is 5.75 Å². The summed E-state index contributed by atoms with van der Waals surface area (Å²) in [4.78, 5) is 0. The number of hydrogen-bond acceptors (Lipinski definition) is 3. The van der Waals surface area contributed by atoms with E-state index in [1.165, 1.54) is 7.11 Å². The third kappa shape index (κ3) is 2.70. The van der Waals surface area contributed by atoms with E-state index in [-0.39, 0.29) is 0 Å². The van der Waals surface area contributed by atoms with Gasteiger partial charge in [-0.25, -0.2) is 0 Å². The number of rotatable bonds is 2. The summed E-state index contributed by atoms with van der Waals surface area (Å²) in [6.45, 7) is 0. The SMILES string of the molecule is COc1cc(I)cc(I)c1B(O)O. The van der Waals surface area contributed by atoms with Crippen LogP contribution < -0.4 is 10.2 Å². The van der Waals surface area contributed by atoms with Crippen molar-refractivity contribution in [3.8, 4) is 5.75 Å². The van der Waals surface area contributed by atoms with Crippen LogP contribution in [0.15, 0.2) is 12.1 Å². The number of ether oxygens (including phenoxy) is 1. The summed E-state index contributed by atoms with van der Waals surface area (Å²) in [5.41, 5.74) is 0.420. The summed E-state index contributed by atoms with van der Waals surface area (Å²) >= 11 is 4.19. The summed E-state index contributed by atoms with van der Waals surface area (Å²) in [5, 5.41) is 18.2. The lowest BCUT2D eigenvalue weighted by Crippen LogP contribution is -2.33. The molecule has 13 heavy (non-hydrogen) atoms. The van der Waals surface area contributed by atoms with Crippen LogP contribution in [-0.4, -0.2) is 24.3 Å². The van der Waals surface area contributed by atoms with Crippen molar-refractivity contribution in [1.82, 2.24) is 0 Å². The smallest absolute Gasteiger partial charge is 0.493 e. The maximum Gasteiger partial charge on any atom is 0.493 e. The molecule has 0 bridgehead atoms. The fourth-order valence-electron chi connectivity index (χ4n) is 0.981. The van der Waals surface area contributed by atoms with Gasteiger partial charge < -0.3 is 14.8 Å². The van der Waals surface area contributed by atoms with Gasteiger partial charge in [-0.1, -0.05) is 0 Å². The maximum absolute atomic E-state index is 9.08. The molecule has 0 aromatic heterocycles. The molecule has 1 rings (SSSR count). The van der Waals surface area contributed by atoms with Crippen molar-refractivity contribution < 1.29 is 14.8 Å². The summed E-state index contributed by atoms with van der Waals surface area (Å²) in [6, 6.07) is 3.62. The highest BCUT2D eigenvalue weighted by molar-refractivity contribution is 14.1. The van der Waals surface area contributed by atoms with Crippen LogP contribution in [0.1, 0.15) is 0 Å². The molecule has 0 aliphatic carbocycles. The third-order valence-corrected chi connectivity index (χ3v) is 3.05. The van der Waals surface area contributed by atoms with Crippen molar-refractivity contribution in [3.63, 3.8) is 0 Å². The first-order valence-electron chi connectivity index (χ1n) is 3.45. The van der Waals surface area contributed by atoms with Gasteiger partial charge in [-0.05, 0) is 57.3 Å². The van der Waals surface area contributed by atoms with Gasteiger partial charge in [0.15, 0.2) is 0 Å². The van der Waals surface area contributed by atoms with Crippen molar-refractivity contribution in [1.29, 1.82) is 0 Å². The second-order valence-corrected chi connectivity index (χ2v) is 4.79. The molecule has 0 radical (unpaired) electrons. The first-order chi connectivity index (χ1) is 6.06. The monoisotopic (exact) mass is 404 g/mol. The van der Waals surface area contributed by atoms with Gasteiger partial charge in [-0.3, -0.25) is 0 Å². The van der Waals surface area contributed by atoms with E-state index in [1.807, 2.05) is 28.7 Å². The quantitative estimate of drug-likeness (QED) is 0.561. The molecule has 0 atom stereocenters. The Bertz CT molecular complexity index is 317. The first-order valence-corrected chi connectivity index (χ1v) is 5.61. The fraction of sp³-hybridized carbons (Fsp3) is 0.143. The van der Waals surface area contributed by atoms with Crippen LogP contribution in [0.25, 0.3) is 0 Å². The van der Waals surface area contributed by atoms with Crippen LogP contribution in [0.5, 0.6) is 5.75 Å². The molecule has 0 aliphatic heterocycles. The average molecular weight is 404 g/mol. The minimum atomic E-state index is -1.49. The molecule has 1 aromatic carbocycles. The molecule has 0 aliphatic rings. The molecule has 0 spiro atoms. The van der Waals surface area contributed by atoms with Crippen LogP contribution in [0.3, 0.4) is 0 Å². The zero-order valence-electron chi connectivity index (χ0n) is 6.79. The molecule has 0 fully saturated rings. The molecule has 3 nitrogen and oxygen atoms in total. The molecule has 0 heterocycles. The van der Waals surface area contributed by atoms with E-state index in [0.29, 0.717) is 11.2 Å². The lowest BCUT2D eigenvalue weighted by molar-refractivity contribution is 0.402. The van der Waals surface area contributed by atoms with Crippen LogP contribution in [0.4, 0.5) is 0 Å². The summed E-state index contributed by atoms with van der Waals surface area (Å²) in [7, 11) is 0.0201. The number of hydrogen-bond donors (Lipinski definition) is 2. The van der Waals surface area contributed by atoms with E-state index >= 15 is 0 Å². The molecular formula is C7H7BI2O3. The standard InChI is InChI=1S/C7H7BI2O3/c1-13-6-3-4(9)2-5(10)7(6)8(11)12/h2-3,11-12H,1H3. The fourth-order valence-corrected chi connectivity index (χ4v) is 3.05. The molecule has 0 saturated carbocycles. The van der Waals surface area contributed by atoms with E-state index in [9.17, 15) is 0 Å². The Morgan fingerprint density at radius 1 is 1.31 bits per heavy atom. The second kappa shape index (κ2) is 4.81. The highest BCUT2D eigenvalue weighted by Crippen LogP contribution is 2.17. The molecular weight excluding hydrogens is 397 g/mol. The van der Waals surface area contributed by atoms with Crippen molar-refractivity contribution in [3.05, 3.63) is 19.3 Å². The third-order valence-electron chi connectivity index (χ3n) is 1.53. The number of halogens is 2. The van der Waals surface area contributed by atoms with Crippen LogP contribution >= 0.6 is 45.2 Å². The van der Waals surface area contributed by atoms with Gasteiger partial charge in [-0.2, -0.15) is 0 Å². The van der Waals surface area contributed by atoms with E-state index < -0.39 is 7.12 Å². The van der Waals surface area contributed by atoms with Crippen molar-refractivity contribution >= 4 is 57.8 Å². The topological polar surface area (TPSA) is 49.7 Å². The Balaban J connectivity index is 3.30. The molecule has 70 valence electrons. The van der Waals surface area contributed by atoms with Crippen LogP contribution in [-0.2, 0) is 0 Å². The van der Waals surface area contributed by atoms with Gasteiger partial charge in [0.2, 0.25) is 0 Å². The molecule has 0 amide bonds. The highest BCUT2D eigenvalue weighted by Gasteiger charge is 2.20. The lowest BCUT2D eigenvalue weighted by Gasteiger charge is -2.10. The van der Waals surface area contributed by atoms with Gasteiger partial charge >= 0.3 is 7.12 Å². The van der Waals surface area contributed by atoms with E-state index in [0.717, 1.165) is 7.14 Å². The van der Waals surface area contributed by atoms with Gasteiger partial charge in [0, 0.05) is 12.6 Å². The minimum absolute atomic E-state index is 0.420. The first kappa shape index (κ1) is 11.5. The Morgan fingerprint density at radius 2 is 1.92 bits per heavy atom. The van der Waals surface area contributed by atoms with Crippen molar-refractivity contribution in [2.45, 2.75) is 0 Å². The van der Waals surface area contributed by atoms with Gasteiger partial charge in [0.05, 0.1) is 7.11 Å². The summed E-state index contributed by atoms with van der Waals surface area (Å²) in [6.07, 6.45) is 0. The van der Waals surface area contributed by atoms with Gasteiger partial charge in [0.25, 0.3) is 0 Å². The number of benzene rings is 1. The van der Waals surface area contributed by atoms with E-state index in [1.54, 1.807) is 6.07 Å². The predicted octanol–water partition coefficient (Wildman–Crippen LogP) is 0.584. The van der Waals surface area contributed by atoms with E-state index in [2.05, 4.69) is 22.6 Å². The Kier molecular flexibility index (Phi) is 4.27. The molecule has 2 N–H and O–H groups in total. The van der Waals surface area contributed by atoms with E-state index in [4.69, 9.17) is 14.8 Å². The Hall–Kier alpha value is 0.465. The lowest BCUT2D eigenvalue weighted by atomic mass is 9.79. The zero-order valence-corrected chi connectivity index (χ0v) is 11.1. The van der Waals surface area contributed by atoms with Crippen molar-refractivity contribution in [2.24, 2.45) is 0 Å². The molecule has 1 aromatic rings.